The van der Waals surface area contributed by atoms with Crippen molar-refractivity contribution in [1.82, 2.24) is 14.9 Å². The van der Waals surface area contributed by atoms with E-state index in [1.165, 1.54) is 0 Å². The van der Waals surface area contributed by atoms with Crippen LogP contribution in [0.1, 0.15) is 6.42 Å². The Labute approximate surface area is 118 Å². The highest BCUT2D eigenvalue weighted by atomic mass is 32.1. The van der Waals surface area contributed by atoms with Crippen molar-refractivity contribution in [3.05, 3.63) is 12.3 Å². The first-order valence-electron chi connectivity index (χ1n) is 6.25. The van der Waals surface area contributed by atoms with Crippen LogP contribution in [0.5, 0.6) is 5.88 Å². The predicted molar refractivity (Wildman–Crippen MR) is 75.8 cm³/mol. The van der Waals surface area contributed by atoms with Gasteiger partial charge in [0.2, 0.25) is 17.7 Å². The lowest BCUT2D eigenvalue weighted by Gasteiger charge is -2.34. The molecule has 1 saturated heterocycles. The number of nitrogens with zero attached hydrogens (tertiary/aromatic N) is 4. The molecule has 1 fully saturated rings. The van der Waals surface area contributed by atoms with E-state index in [9.17, 15) is 4.79 Å². The number of rotatable bonds is 4. The molecule has 0 aromatic carbocycles. The van der Waals surface area contributed by atoms with Crippen LogP contribution >= 0.6 is 12.6 Å². The van der Waals surface area contributed by atoms with E-state index in [-0.39, 0.29) is 5.91 Å². The Morgan fingerprint density at radius 2 is 2.16 bits per heavy atom. The van der Waals surface area contributed by atoms with E-state index in [1.807, 2.05) is 4.90 Å². The molecule has 104 valence electrons. The number of aromatic nitrogens is 2. The van der Waals surface area contributed by atoms with E-state index >= 15 is 0 Å². The normalized spacial score (nSPS) is 15.5. The number of piperazine rings is 1. The van der Waals surface area contributed by atoms with Gasteiger partial charge in [0.15, 0.2) is 0 Å². The highest BCUT2D eigenvalue weighted by Gasteiger charge is 2.22. The van der Waals surface area contributed by atoms with Crippen molar-refractivity contribution in [2.45, 2.75) is 6.42 Å². The molecule has 1 aliphatic rings. The van der Waals surface area contributed by atoms with Crippen molar-refractivity contribution < 1.29 is 9.53 Å². The lowest BCUT2D eigenvalue weighted by atomic mass is 10.3. The smallest absolute Gasteiger partial charge is 0.228 e. The summed E-state index contributed by atoms with van der Waals surface area (Å²) >= 11 is 4.08. The van der Waals surface area contributed by atoms with E-state index in [1.54, 1.807) is 19.4 Å². The van der Waals surface area contributed by atoms with E-state index in [0.29, 0.717) is 37.1 Å². The Morgan fingerprint density at radius 3 is 2.79 bits per heavy atom. The fraction of sp³-hybridized carbons (Fsp3) is 0.583. The van der Waals surface area contributed by atoms with Crippen LogP contribution in [0.15, 0.2) is 12.3 Å². The summed E-state index contributed by atoms with van der Waals surface area (Å²) in [5.74, 6) is 1.97. The summed E-state index contributed by atoms with van der Waals surface area (Å²) in [7, 11) is 1.58. The summed E-state index contributed by atoms with van der Waals surface area (Å²) in [6.07, 6.45) is 2.18. The lowest BCUT2D eigenvalue weighted by Crippen LogP contribution is -2.49. The number of hydrogen-bond donors (Lipinski definition) is 1. The van der Waals surface area contributed by atoms with Crippen molar-refractivity contribution in [3.8, 4) is 5.88 Å². The van der Waals surface area contributed by atoms with E-state index in [4.69, 9.17) is 4.74 Å². The second-order valence-corrected chi connectivity index (χ2v) is 4.69. The van der Waals surface area contributed by atoms with Gasteiger partial charge in [0, 0.05) is 44.9 Å². The van der Waals surface area contributed by atoms with Crippen molar-refractivity contribution in [1.29, 1.82) is 0 Å². The molecular weight excluding hydrogens is 264 g/mol. The first-order chi connectivity index (χ1) is 9.24. The zero-order valence-corrected chi connectivity index (χ0v) is 11.8. The molecule has 1 aromatic rings. The topological polar surface area (TPSA) is 58.6 Å². The van der Waals surface area contributed by atoms with Crippen LogP contribution in [0, 0.1) is 0 Å². The van der Waals surface area contributed by atoms with Crippen molar-refractivity contribution in [2.24, 2.45) is 0 Å². The minimum absolute atomic E-state index is 0.168. The molecule has 0 spiro atoms. The number of carbonyl (C=O) groups excluding carboxylic acids is 1. The van der Waals surface area contributed by atoms with Crippen molar-refractivity contribution >= 4 is 24.5 Å². The third-order valence-corrected chi connectivity index (χ3v) is 3.29. The Morgan fingerprint density at radius 1 is 1.42 bits per heavy atom. The summed E-state index contributed by atoms with van der Waals surface area (Å²) in [4.78, 5) is 24.2. The first-order valence-corrected chi connectivity index (χ1v) is 6.88. The number of anilines is 1. The summed E-state index contributed by atoms with van der Waals surface area (Å²) in [5, 5.41) is 0. The molecule has 6 nitrogen and oxygen atoms in total. The molecule has 0 radical (unpaired) electrons. The monoisotopic (exact) mass is 282 g/mol. The van der Waals surface area contributed by atoms with Gasteiger partial charge < -0.3 is 14.5 Å². The van der Waals surface area contributed by atoms with Crippen molar-refractivity contribution in [3.63, 3.8) is 0 Å². The molecule has 2 heterocycles. The maximum atomic E-state index is 11.7. The van der Waals surface area contributed by atoms with Gasteiger partial charge in [0.25, 0.3) is 0 Å². The molecule has 0 aliphatic carbocycles. The fourth-order valence-electron chi connectivity index (χ4n) is 2.01. The minimum Gasteiger partial charge on any atom is -0.481 e. The second-order valence-electron chi connectivity index (χ2n) is 4.24. The van der Waals surface area contributed by atoms with Gasteiger partial charge in [-0.1, -0.05) is 0 Å². The van der Waals surface area contributed by atoms with Gasteiger partial charge in [0.1, 0.15) is 0 Å². The average Bonchev–Trinajstić information content (AvgIpc) is 2.48. The van der Waals surface area contributed by atoms with Crippen LogP contribution in [0.3, 0.4) is 0 Å². The second kappa shape index (κ2) is 6.60. The zero-order valence-electron chi connectivity index (χ0n) is 10.9. The summed E-state index contributed by atoms with van der Waals surface area (Å²) in [5.41, 5.74) is 0. The van der Waals surface area contributed by atoms with Gasteiger partial charge in [-0.25, -0.2) is 4.98 Å². The average molecular weight is 282 g/mol. The van der Waals surface area contributed by atoms with Crippen LogP contribution in [-0.2, 0) is 4.79 Å². The molecule has 1 aromatic heterocycles. The van der Waals surface area contributed by atoms with Crippen LogP contribution in [0.4, 0.5) is 5.95 Å². The molecule has 0 atom stereocenters. The molecule has 1 amide bonds. The molecule has 0 bridgehead atoms. The Bertz CT molecular complexity index is 435. The molecule has 1 aliphatic heterocycles. The van der Waals surface area contributed by atoms with Crippen LogP contribution in [0.25, 0.3) is 0 Å². The summed E-state index contributed by atoms with van der Waals surface area (Å²) in [6.45, 7) is 2.89. The van der Waals surface area contributed by atoms with Gasteiger partial charge >= 0.3 is 0 Å². The first kappa shape index (κ1) is 13.9. The van der Waals surface area contributed by atoms with Gasteiger partial charge in [0.05, 0.1) is 7.11 Å². The number of thiol groups is 1. The van der Waals surface area contributed by atoms with E-state index in [0.717, 1.165) is 13.1 Å². The highest BCUT2D eigenvalue weighted by molar-refractivity contribution is 7.80. The Kier molecular flexibility index (Phi) is 4.84. The third kappa shape index (κ3) is 3.50. The SMILES string of the molecule is COc1ccnc(N2CCN(C(=O)CCS)CC2)n1. The van der Waals surface area contributed by atoms with Gasteiger partial charge in [-0.2, -0.15) is 17.6 Å². The third-order valence-electron chi connectivity index (χ3n) is 3.07. The Balaban J connectivity index is 1.94. The van der Waals surface area contributed by atoms with Gasteiger partial charge in [-0.3, -0.25) is 4.79 Å². The molecule has 0 N–H and O–H groups in total. The standard InChI is InChI=1S/C12H18N4O2S/c1-18-10-2-4-13-12(14-10)16-7-5-15(6-8-16)11(17)3-9-19/h2,4,19H,3,5-9H2,1H3. The number of ether oxygens (including phenoxy) is 1. The molecule has 2 rings (SSSR count). The fourth-order valence-corrected chi connectivity index (χ4v) is 2.20. The number of methoxy groups -OCH3 is 1. The minimum atomic E-state index is 0.168. The lowest BCUT2D eigenvalue weighted by molar-refractivity contribution is -0.131. The van der Waals surface area contributed by atoms with Gasteiger partial charge in [-0.05, 0) is 5.75 Å². The number of hydrogen-bond acceptors (Lipinski definition) is 6. The maximum absolute atomic E-state index is 11.7. The predicted octanol–water partition coefficient (Wildman–Crippen LogP) is 0.454. The van der Waals surface area contributed by atoms with E-state index in [2.05, 4.69) is 27.5 Å². The van der Waals surface area contributed by atoms with Gasteiger partial charge in [-0.15, -0.1) is 0 Å². The summed E-state index contributed by atoms with van der Waals surface area (Å²) in [6, 6.07) is 1.72. The number of carbonyl (C=O) groups is 1. The van der Waals surface area contributed by atoms with Crippen LogP contribution in [-0.4, -0.2) is 59.8 Å². The summed E-state index contributed by atoms with van der Waals surface area (Å²) < 4.78 is 5.09. The molecule has 0 unspecified atom stereocenters. The Hall–Kier alpha value is -1.50. The number of amides is 1. The molecule has 0 saturated carbocycles. The quantitative estimate of drug-likeness (QED) is 0.813. The molecule has 7 heteroatoms. The maximum Gasteiger partial charge on any atom is 0.228 e. The van der Waals surface area contributed by atoms with Crippen LogP contribution < -0.4 is 9.64 Å². The molecular formula is C12H18N4O2S. The molecule has 19 heavy (non-hydrogen) atoms. The van der Waals surface area contributed by atoms with E-state index < -0.39 is 0 Å². The largest absolute Gasteiger partial charge is 0.481 e. The van der Waals surface area contributed by atoms with Crippen molar-refractivity contribution in [2.75, 3.05) is 43.9 Å². The van der Waals surface area contributed by atoms with Crippen LogP contribution in [0.2, 0.25) is 0 Å². The zero-order chi connectivity index (χ0) is 13.7. The highest BCUT2D eigenvalue weighted by Crippen LogP contribution is 2.14.